The van der Waals surface area contributed by atoms with Gasteiger partial charge in [-0.1, -0.05) is 25.1 Å². The zero-order chi connectivity index (χ0) is 13.8. The Morgan fingerprint density at radius 1 is 1.32 bits per heavy atom. The number of rotatable bonds is 4. The molecule has 98 valence electrons. The topological polar surface area (TPSA) is 59.3 Å². The molecule has 0 aliphatic heterocycles. The molecule has 2 aromatic rings. The third-order valence-electron chi connectivity index (χ3n) is 3.07. The Kier molecular flexibility index (Phi) is 3.80. The summed E-state index contributed by atoms with van der Waals surface area (Å²) in [5.41, 5.74) is 1.17. The van der Waals surface area contributed by atoms with Gasteiger partial charge in [-0.2, -0.15) is 0 Å². The van der Waals surface area contributed by atoms with E-state index < -0.39 is 5.97 Å². The molecule has 1 aromatic heterocycles. The number of para-hydroxylation sites is 1. The van der Waals surface area contributed by atoms with Crippen molar-refractivity contribution in [3.8, 4) is 0 Å². The highest BCUT2D eigenvalue weighted by Gasteiger charge is 2.05. The number of carboxylic acid groups (broad SMARTS) is 1. The van der Waals surface area contributed by atoms with Crippen molar-refractivity contribution in [3.63, 3.8) is 0 Å². The van der Waals surface area contributed by atoms with Crippen LogP contribution in [0.15, 0.2) is 53.0 Å². The van der Waals surface area contributed by atoms with Gasteiger partial charge in [-0.15, -0.1) is 0 Å². The molecule has 1 heterocycles. The van der Waals surface area contributed by atoms with Crippen LogP contribution in [-0.4, -0.2) is 15.6 Å². The molecule has 0 spiro atoms. The first kappa shape index (κ1) is 13.1. The summed E-state index contributed by atoms with van der Waals surface area (Å²) in [5.74, 6) is -0.896. The van der Waals surface area contributed by atoms with Crippen LogP contribution in [0.1, 0.15) is 13.3 Å². The summed E-state index contributed by atoms with van der Waals surface area (Å²) < 4.78 is 1.87. The van der Waals surface area contributed by atoms with Gasteiger partial charge in [0, 0.05) is 29.8 Å². The van der Waals surface area contributed by atoms with E-state index in [1.807, 2.05) is 29.7 Å². The molecule has 0 aliphatic carbocycles. The lowest BCUT2D eigenvalue weighted by atomic mass is 10.2. The Labute approximate surface area is 110 Å². The van der Waals surface area contributed by atoms with Crippen LogP contribution in [0.2, 0.25) is 0 Å². The molecular weight excluding hydrogens is 242 g/mol. The summed E-state index contributed by atoms with van der Waals surface area (Å²) in [4.78, 5) is 22.7. The predicted octanol–water partition coefficient (Wildman–Crippen LogP) is 2.42. The van der Waals surface area contributed by atoms with Gasteiger partial charge >= 0.3 is 5.97 Å². The fraction of sp³-hybridized carbons (Fsp3) is 0.200. The smallest absolute Gasteiger partial charge is 0.331 e. The molecule has 1 N–H and O–H groups in total. The van der Waals surface area contributed by atoms with Crippen LogP contribution >= 0.6 is 0 Å². The Hall–Kier alpha value is -2.36. The number of carbonyl (C=O) groups is 1. The number of benzene rings is 1. The standard InChI is InChI=1S/C15H15NO3/c1-2-11(15(18)19)7-9-16-10-8-14(17)12-5-3-4-6-13(12)16/h3-8,10H,2,9H2,1H3,(H,18,19). The second-order valence-electron chi connectivity index (χ2n) is 4.24. The van der Waals surface area contributed by atoms with Gasteiger partial charge in [0.15, 0.2) is 5.43 Å². The zero-order valence-electron chi connectivity index (χ0n) is 10.7. The average Bonchev–Trinajstić information content (AvgIpc) is 2.42. The molecule has 19 heavy (non-hydrogen) atoms. The molecule has 0 amide bonds. The summed E-state index contributed by atoms with van der Waals surface area (Å²) in [6.45, 7) is 2.25. The quantitative estimate of drug-likeness (QED) is 0.856. The fourth-order valence-electron chi connectivity index (χ4n) is 2.01. The van der Waals surface area contributed by atoms with E-state index in [9.17, 15) is 9.59 Å². The molecule has 2 rings (SSSR count). The molecule has 0 atom stereocenters. The minimum atomic E-state index is -0.896. The van der Waals surface area contributed by atoms with E-state index in [1.54, 1.807) is 18.3 Å². The van der Waals surface area contributed by atoms with E-state index in [4.69, 9.17) is 5.11 Å². The third kappa shape index (κ3) is 2.73. The van der Waals surface area contributed by atoms with Gasteiger partial charge in [-0.3, -0.25) is 4.79 Å². The maximum atomic E-state index is 11.7. The normalized spacial score (nSPS) is 11.7. The van der Waals surface area contributed by atoms with Crippen LogP contribution in [0.4, 0.5) is 0 Å². The number of aromatic nitrogens is 1. The van der Waals surface area contributed by atoms with Crippen molar-refractivity contribution in [3.05, 3.63) is 58.4 Å². The highest BCUT2D eigenvalue weighted by Crippen LogP contribution is 2.10. The summed E-state index contributed by atoms with van der Waals surface area (Å²) in [6, 6.07) is 8.81. The second-order valence-corrected chi connectivity index (χ2v) is 4.24. The highest BCUT2D eigenvalue weighted by atomic mass is 16.4. The van der Waals surface area contributed by atoms with Crippen molar-refractivity contribution in [2.45, 2.75) is 19.9 Å². The lowest BCUT2D eigenvalue weighted by molar-refractivity contribution is -0.132. The van der Waals surface area contributed by atoms with Crippen LogP contribution in [0, 0.1) is 0 Å². The van der Waals surface area contributed by atoms with Crippen LogP contribution in [-0.2, 0) is 11.3 Å². The minimum absolute atomic E-state index is 0.0234. The van der Waals surface area contributed by atoms with Crippen molar-refractivity contribution < 1.29 is 9.90 Å². The first-order valence-corrected chi connectivity index (χ1v) is 6.14. The molecule has 0 bridgehead atoms. The summed E-state index contributed by atoms with van der Waals surface area (Å²) in [6.07, 6.45) is 3.85. The Bertz CT molecular complexity index is 698. The van der Waals surface area contributed by atoms with E-state index in [-0.39, 0.29) is 5.43 Å². The van der Waals surface area contributed by atoms with E-state index in [0.29, 0.717) is 23.9 Å². The summed E-state index contributed by atoms with van der Waals surface area (Å²) in [7, 11) is 0. The maximum Gasteiger partial charge on any atom is 0.331 e. The Morgan fingerprint density at radius 2 is 2.05 bits per heavy atom. The first-order valence-electron chi connectivity index (χ1n) is 6.14. The van der Waals surface area contributed by atoms with Gasteiger partial charge in [-0.05, 0) is 18.6 Å². The largest absolute Gasteiger partial charge is 0.478 e. The van der Waals surface area contributed by atoms with Crippen LogP contribution in [0.5, 0.6) is 0 Å². The van der Waals surface area contributed by atoms with Gasteiger partial charge < -0.3 is 9.67 Å². The van der Waals surface area contributed by atoms with E-state index >= 15 is 0 Å². The molecule has 0 unspecified atom stereocenters. The maximum absolute atomic E-state index is 11.7. The molecule has 4 heteroatoms. The van der Waals surface area contributed by atoms with Crippen molar-refractivity contribution in [2.24, 2.45) is 0 Å². The number of allylic oxidation sites excluding steroid dienone is 1. The number of nitrogens with zero attached hydrogens (tertiary/aromatic N) is 1. The van der Waals surface area contributed by atoms with Crippen molar-refractivity contribution in [1.82, 2.24) is 4.57 Å². The van der Waals surface area contributed by atoms with Crippen LogP contribution in [0.25, 0.3) is 10.9 Å². The summed E-state index contributed by atoms with van der Waals surface area (Å²) in [5, 5.41) is 9.63. The van der Waals surface area contributed by atoms with Gasteiger partial charge in [0.25, 0.3) is 0 Å². The monoisotopic (exact) mass is 257 g/mol. The van der Waals surface area contributed by atoms with Crippen LogP contribution < -0.4 is 5.43 Å². The number of fused-ring (bicyclic) bond motifs is 1. The van der Waals surface area contributed by atoms with E-state index in [2.05, 4.69) is 0 Å². The Morgan fingerprint density at radius 3 is 2.74 bits per heavy atom. The van der Waals surface area contributed by atoms with Gasteiger partial charge in [-0.25, -0.2) is 4.79 Å². The molecule has 1 aromatic carbocycles. The number of hydrogen-bond donors (Lipinski definition) is 1. The van der Waals surface area contributed by atoms with E-state index in [0.717, 1.165) is 5.52 Å². The second kappa shape index (κ2) is 5.52. The molecule has 0 saturated heterocycles. The van der Waals surface area contributed by atoms with Crippen molar-refractivity contribution in [2.75, 3.05) is 0 Å². The predicted molar refractivity (Wildman–Crippen MR) is 74.2 cm³/mol. The summed E-state index contributed by atoms with van der Waals surface area (Å²) >= 11 is 0. The molecule has 0 fully saturated rings. The molecular formula is C15H15NO3. The lowest BCUT2D eigenvalue weighted by Crippen LogP contribution is -2.08. The zero-order valence-corrected chi connectivity index (χ0v) is 10.7. The molecule has 0 saturated carbocycles. The lowest BCUT2D eigenvalue weighted by Gasteiger charge is -2.08. The Balaban J connectivity index is 2.45. The number of hydrogen-bond acceptors (Lipinski definition) is 2. The van der Waals surface area contributed by atoms with Gasteiger partial charge in [0.2, 0.25) is 0 Å². The molecule has 0 aliphatic rings. The first-order chi connectivity index (χ1) is 9.13. The van der Waals surface area contributed by atoms with Gasteiger partial charge in [0.05, 0.1) is 5.52 Å². The number of pyridine rings is 1. The average molecular weight is 257 g/mol. The minimum Gasteiger partial charge on any atom is -0.478 e. The fourth-order valence-corrected chi connectivity index (χ4v) is 2.01. The number of carboxylic acids is 1. The third-order valence-corrected chi connectivity index (χ3v) is 3.07. The van der Waals surface area contributed by atoms with Crippen molar-refractivity contribution >= 4 is 16.9 Å². The van der Waals surface area contributed by atoms with E-state index in [1.165, 1.54) is 6.07 Å². The SMILES string of the molecule is CCC(=CCn1ccc(=O)c2ccccc21)C(=O)O. The molecule has 0 radical (unpaired) electrons. The highest BCUT2D eigenvalue weighted by molar-refractivity contribution is 5.86. The van der Waals surface area contributed by atoms with Crippen molar-refractivity contribution in [1.29, 1.82) is 0 Å². The van der Waals surface area contributed by atoms with Gasteiger partial charge in [0.1, 0.15) is 0 Å². The van der Waals surface area contributed by atoms with Crippen LogP contribution in [0.3, 0.4) is 0 Å². The number of aliphatic carboxylic acids is 1. The molecule has 4 nitrogen and oxygen atoms in total.